The van der Waals surface area contributed by atoms with E-state index in [1.165, 1.54) is 6.20 Å². The zero-order valence-electron chi connectivity index (χ0n) is 12.6. The summed E-state index contributed by atoms with van der Waals surface area (Å²) in [7, 11) is -3.14. The van der Waals surface area contributed by atoms with Gasteiger partial charge < -0.3 is 5.32 Å². The highest BCUT2D eigenvalue weighted by Gasteiger charge is 2.24. The van der Waals surface area contributed by atoms with Crippen LogP contribution in [0.25, 0.3) is 5.65 Å². The number of nitrogens with one attached hydrogen (secondary N) is 1. The highest BCUT2D eigenvalue weighted by molar-refractivity contribution is 7.90. The second-order valence-electron chi connectivity index (χ2n) is 5.26. The van der Waals surface area contributed by atoms with Crippen LogP contribution in [0.4, 0.5) is 11.5 Å². The number of aromatic nitrogens is 2. The third-order valence-electron chi connectivity index (χ3n) is 3.20. The number of pyridine rings is 1. The van der Waals surface area contributed by atoms with Gasteiger partial charge in [-0.3, -0.25) is 19.3 Å². The minimum absolute atomic E-state index is 0.0679. The van der Waals surface area contributed by atoms with Gasteiger partial charge in [-0.05, 0) is 25.5 Å². The summed E-state index contributed by atoms with van der Waals surface area (Å²) in [6, 6.07) is 4.38. The first-order valence-corrected chi connectivity index (χ1v) is 8.85. The van der Waals surface area contributed by atoms with E-state index >= 15 is 0 Å². The minimum Gasteiger partial charge on any atom is -0.362 e. The molecular formula is C13H16N4O5S. The standard InChI is InChI=1S/C13H16N4O5S/c1-9(6-8-23(2,21)22)14-12-11(17(19)20)13(18)16-7-4-3-5-10(16)15-12/h3-5,7,9,14H,6,8H2,1-2H3. The SMILES string of the molecule is CC(CCS(C)(=O)=O)Nc1nc2ccccn2c(=O)c1[N+](=O)[O-]. The molecule has 0 fully saturated rings. The molecule has 0 bridgehead atoms. The van der Waals surface area contributed by atoms with E-state index < -0.39 is 32.0 Å². The number of sulfone groups is 1. The first-order chi connectivity index (χ1) is 10.7. The number of rotatable bonds is 6. The Balaban J connectivity index is 2.41. The Morgan fingerprint density at radius 2 is 2.13 bits per heavy atom. The van der Waals surface area contributed by atoms with Crippen LogP contribution in [0.5, 0.6) is 0 Å². The average Bonchev–Trinajstić information content (AvgIpc) is 2.44. The number of fused-ring (bicyclic) bond motifs is 1. The molecule has 2 aromatic heterocycles. The predicted molar refractivity (Wildman–Crippen MR) is 85.5 cm³/mol. The molecule has 0 aliphatic heterocycles. The second-order valence-corrected chi connectivity index (χ2v) is 7.52. The topological polar surface area (TPSA) is 124 Å². The number of anilines is 1. The van der Waals surface area contributed by atoms with Gasteiger partial charge in [-0.2, -0.15) is 0 Å². The molecule has 0 saturated carbocycles. The maximum Gasteiger partial charge on any atom is 0.376 e. The van der Waals surface area contributed by atoms with Gasteiger partial charge in [0.15, 0.2) is 0 Å². The molecule has 0 amide bonds. The van der Waals surface area contributed by atoms with E-state index in [1.54, 1.807) is 25.1 Å². The summed E-state index contributed by atoms with van der Waals surface area (Å²) < 4.78 is 23.5. The Kier molecular flexibility index (Phi) is 4.64. The molecule has 0 aromatic carbocycles. The van der Waals surface area contributed by atoms with Crippen LogP contribution in [0.1, 0.15) is 13.3 Å². The van der Waals surface area contributed by atoms with Crippen LogP contribution >= 0.6 is 0 Å². The molecule has 0 saturated heterocycles. The van der Waals surface area contributed by atoms with Crippen LogP contribution in [0.15, 0.2) is 29.2 Å². The number of hydrogen-bond acceptors (Lipinski definition) is 7. The Morgan fingerprint density at radius 3 is 2.74 bits per heavy atom. The predicted octanol–water partition coefficient (Wildman–Crippen LogP) is 0.838. The van der Waals surface area contributed by atoms with E-state index in [0.29, 0.717) is 0 Å². The first-order valence-electron chi connectivity index (χ1n) is 6.79. The first kappa shape index (κ1) is 16.9. The van der Waals surface area contributed by atoms with Crippen molar-refractivity contribution in [2.45, 2.75) is 19.4 Å². The van der Waals surface area contributed by atoms with E-state index in [1.807, 2.05) is 0 Å². The fourth-order valence-electron chi connectivity index (χ4n) is 2.04. The Hall–Kier alpha value is -2.49. The lowest BCUT2D eigenvalue weighted by atomic mass is 10.2. The molecule has 1 unspecified atom stereocenters. The van der Waals surface area contributed by atoms with Crippen molar-refractivity contribution >= 4 is 27.0 Å². The summed E-state index contributed by atoms with van der Waals surface area (Å²) in [5.74, 6) is -0.228. The molecule has 1 atom stereocenters. The van der Waals surface area contributed by atoms with Crippen LogP contribution in [-0.4, -0.2) is 40.8 Å². The average molecular weight is 340 g/mol. The molecule has 10 heteroatoms. The van der Waals surface area contributed by atoms with Gasteiger partial charge >= 0.3 is 11.2 Å². The molecule has 0 radical (unpaired) electrons. The molecule has 2 rings (SSSR count). The summed E-state index contributed by atoms with van der Waals surface area (Å²) in [5.41, 5.74) is -1.20. The summed E-state index contributed by atoms with van der Waals surface area (Å²) in [4.78, 5) is 26.7. The van der Waals surface area contributed by atoms with Crippen molar-refractivity contribution in [1.82, 2.24) is 9.38 Å². The number of nitrogens with zero attached hydrogens (tertiary/aromatic N) is 3. The summed E-state index contributed by atoms with van der Waals surface area (Å²) in [5, 5.41) is 14.0. The summed E-state index contributed by atoms with van der Waals surface area (Å²) in [6.07, 6.45) is 2.75. The van der Waals surface area contributed by atoms with Gasteiger partial charge in [0.05, 0.1) is 10.7 Å². The monoisotopic (exact) mass is 340 g/mol. The van der Waals surface area contributed by atoms with Gasteiger partial charge in [0.2, 0.25) is 5.82 Å². The third-order valence-corrected chi connectivity index (χ3v) is 4.18. The zero-order valence-corrected chi connectivity index (χ0v) is 13.4. The lowest BCUT2D eigenvalue weighted by Crippen LogP contribution is -2.25. The van der Waals surface area contributed by atoms with Crippen LogP contribution in [-0.2, 0) is 9.84 Å². The Morgan fingerprint density at radius 1 is 1.43 bits per heavy atom. The highest BCUT2D eigenvalue weighted by Crippen LogP contribution is 2.19. The van der Waals surface area contributed by atoms with Crippen LogP contribution in [0.3, 0.4) is 0 Å². The lowest BCUT2D eigenvalue weighted by Gasteiger charge is -2.14. The van der Waals surface area contributed by atoms with Gasteiger partial charge in [0.25, 0.3) is 0 Å². The van der Waals surface area contributed by atoms with E-state index in [0.717, 1.165) is 10.7 Å². The Bertz CT molecular complexity index is 906. The molecule has 2 aromatic rings. The van der Waals surface area contributed by atoms with Gasteiger partial charge in [0, 0.05) is 18.5 Å². The van der Waals surface area contributed by atoms with Crippen molar-refractivity contribution in [2.24, 2.45) is 0 Å². The molecule has 0 spiro atoms. The largest absolute Gasteiger partial charge is 0.376 e. The number of hydrogen-bond donors (Lipinski definition) is 1. The molecule has 1 N–H and O–H groups in total. The molecule has 124 valence electrons. The molecule has 9 nitrogen and oxygen atoms in total. The molecule has 0 aliphatic rings. The quantitative estimate of drug-likeness (QED) is 0.610. The molecule has 23 heavy (non-hydrogen) atoms. The van der Waals surface area contributed by atoms with Crippen LogP contribution in [0, 0.1) is 10.1 Å². The zero-order chi connectivity index (χ0) is 17.2. The van der Waals surface area contributed by atoms with E-state index in [9.17, 15) is 23.3 Å². The van der Waals surface area contributed by atoms with Crippen LogP contribution in [0.2, 0.25) is 0 Å². The van der Waals surface area contributed by atoms with Crippen molar-refractivity contribution in [3.63, 3.8) is 0 Å². The van der Waals surface area contributed by atoms with Gasteiger partial charge in [0.1, 0.15) is 15.5 Å². The lowest BCUT2D eigenvalue weighted by molar-refractivity contribution is -0.385. The third kappa shape index (κ3) is 4.03. The van der Waals surface area contributed by atoms with Gasteiger partial charge in [-0.15, -0.1) is 0 Å². The maximum atomic E-state index is 12.2. The van der Waals surface area contributed by atoms with Crippen LogP contribution < -0.4 is 10.9 Å². The van der Waals surface area contributed by atoms with Crippen molar-refractivity contribution in [3.05, 3.63) is 44.9 Å². The van der Waals surface area contributed by atoms with E-state index in [2.05, 4.69) is 10.3 Å². The van der Waals surface area contributed by atoms with Crippen molar-refractivity contribution in [1.29, 1.82) is 0 Å². The minimum atomic E-state index is -3.14. The fraction of sp³-hybridized carbons (Fsp3) is 0.385. The van der Waals surface area contributed by atoms with Crippen molar-refractivity contribution in [3.8, 4) is 0 Å². The molecule has 2 heterocycles. The normalized spacial score (nSPS) is 13.0. The second kappa shape index (κ2) is 6.32. The summed E-state index contributed by atoms with van der Waals surface area (Å²) in [6.45, 7) is 1.67. The molecule has 0 aliphatic carbocycles. The maximum absolute atomic E-state index is 12.2. The Labute approximate surface area is 132 Å². The van der Waals surface area contributed by atoms with Gasteiger partial charge in [-0.25, -0.2) is 13.4 Å². The van der Waals surface area contributed by atoms with E-state index in [-0.39, 0.29) is 23.6 Å². The van der Waals surface area contributed by atoms with Crippen molar-refractivity contribution in [2.75, 3.05) is 17.3 Å². The number of nitro groups is 1. The molecular weight excluding hydrogens is 324 g/mol. The van der Waals surface area contributed by atoms with Gasteiger partial charge in [-0.1, -0.05) is 6.07 Å². The summed E-state index contributed by atoms with van der Waals surface area (Å²) >= 11 is 0. The highest BCUT2D eigenvalue weighted by atomic mass is 32.2. The van der Waals surface area contributed by atoms with E-state index in [4.69, 9.17) is 0 Å². The van der Waals surface area contributed by atoms with Crippen molar-refractivity contribution < 1.29 is 13.3 Å². The fourth-order valence-corrected chi connectivity index (χ4v) is 2.82. The smallest absolute Gasteiger partial charge is 0.362 e.